The minimum atomic E-state index is 0.775. The zero-order valence-electron chi connectivity index (χ0n) is 14.8. The van der Waals surface area contributed by atoms with Crippen LogP contribution in [0, 0.1) is 13.8 Å². The highest BCUT2D eigenvalue weighted by Gasteiger charge is 2.08. The highest BCUT2D eigenvalue weighted by molar-refractivity contribution is 5.79. The van der Waals surface area contributed by atoms with Crippen molar-refractivity contribution in [2.24, 2.45) is 4.99 Å². The topological polar surface area (TPSA) is 71.7 Å². The third kappa shape index (κ3) is 4.75. The van der Waals surface area contributed by atoms with E-state index in [0.717, 1.165) is 54.7 Å². The van der Waals surface area contributed by atoms with Crippen LogP contribution in [0.2, 0.25) is 0 Å². The standard InChI is InChI=1S/C18H26N4O2/c1-13-16(14(2)24-22-13)10-12-21-18(19-3)20-11-9-15-7-5-6-8-17(15)23-4/h5-8H,9-12H2,1-4H3,(H2,19,20,21). The number of para-hydroxylation sites is 1. The van der Waals surface area contributed by atoms with Gasteiger partial charge in [-0.3, -0.25) is 4.99 Å². The van der Waals surface area contributed by atoms with Gasteiger partial charge in [-0.15, -0.1) is 0 Å². The molecule has 2 N–H and O–H groups in total. The molecule has 1 aromatic heterocycles. The fourth-order valence-electron chi connectivity index (χ4n) is 2.61. The summed E-state index contributed by atoms with van der Waals surface area (Å²) in [5.41, 5.74) is 3.29. The smallest absolute Gasteiger partial charge is 0.190 e. The van der Waals surface area contributed by atoms with E-state index in [1.54, 1.807) is 14.2 Å². The van der Waals surface area contributed by atoms with Crippen molar-refractivity contribution < 1.29 is 9.26 Å². The van der Waals surface area contributed by atoms with Crippen molar-refractivity contribution in [3.05, 3.63) is 46.8 Å². The summed E-state index contributed by atoms with van der Waals surface area (Å²) in [5, 5.41) is 10.6. The van der Waals surface area contributed by atoms with Gasteiger partial charge >= 0.3 is 0 Å². The van der Waals surface area contributed by atoms with Crippen molar-refractivity contribution >= 4 is 5.96 Å². The molecule has 6 heteroatoms. The number of benzene rings is 1. The van der Waals surface area contributed by atoms with Crippen LogP contribution in [0.3, 0.4) is 0 Å². The lowest BCUT2D eigenvalue weighted by Gasteiger charge is -2.13. The Morgan fingerprint density at radius 3 is 2.50 bits per heavy atom. The molecular weight excluding hydrogens is 304 g/mol. The van der Waals surface area contributed by atoms with Gasteiger partial charge in [0.1, 0.15) is 11.5 Å². The molecule has 0 unspecified atom stereocenters. The number of ether oxygens (including phenoxy) is 1. The Bertz CT molecular complexity index is 660. The first-order valence-electron chi connectivity index (χ1n) is 8.14. The maximum atomic E-state index is 5.37. The van der Waals surface area contributed by atoms with Gasteiger partial charge < -0.3 is 19.9 Å². The third-order valence-electron chi connectivity index (χ3n) is 3.95. The average Bonchev–Trinajstić information content (AvgIpc) is 2.92. The van der Waals surface area contributed by atoms with Crippen LogP contribution < -0.4 is 15.4 Å². The van der Waals surface area contributed by atoms with E-state index in [2.05, 4.69) is 26.8 Å². The number of hydrogen-bond acceptors (Lipinski definition) is 4. The van der Waals surface area contributed by atoms with Crippen LogP contribution in [0.1, 0.15) is 22.6 Å². The zero-order chi connectivity index (χ0) is 17.4. The number of aromatic nitrogens is 1. The molecule has 1 heterocycles. The van der Waals surface area contributed by atoms with E-state index in [9.17, 15) is 0 Å². The Hall–Kier alpha value is -2.50. The predicted octanol–water partition coefficient (Wildman–Crippen LogP) is 2.25. The number of hydrogen-bond donors (Lipinski definition) is 2. The van der Waals surface area contributed by atoms with E-state index in [0.29, 0.717) is 0 Å². The summed E-state index contributed by atoms with van der Waals surface area (Å²) in [6, 6.07) is 8.06. The molecule has 0 aliphatic carbocycles. The van der Waals surface area contributed by atoms with Gasteiger partial charge in [-0.2, -0.15) is 0 Å². The lowest BCUT2D eigenvalue weighted by atomic mass is 10.1. The molecule has 1 aromatic carbocycles. The SMILES string of the molecule is CN=C(NCCc1ccccc1OC)NCCc1c(C)noc1C. The van der Waals surface area contributed by atoms with Gasteiger partial charge in [-0.05, 0) is 38.3 Å². The first-order chi connectivity index (χ1) is 11.7. The van der Waals surface area contributed by atoms with Crippen molar-refractivity contribution in [1.82, 2.24) is 15.8 Å². The maximum absolute atomic E-state index is 5.37. The second kappa shape index (κ2) is 8.96. The normalized spacial score (nSPS) is 11.4. The zero-order valence-corrected chi connectivity index (χ0v) is 14.8. The number of aliphatic imine (C=N–C) groups is 1. The van der Waals surface area contributed by atoms with E-state index < -0.39 is 0 Å². The Labute approximate surface area is 143 Å². The molecule has 0 aliphatic rings. The number of guanidine groups is 1. The summed E-state index contributed by atoms with van der Waals surface area (Å²) in [4.78, 5) is 4.25. The average molecular weight is 330 g/mol. The summed E-state index contributed by atoms with van der Waals surface area (Å²) in [5.74, 6) is 2.59. The number of nitrogens with one attached hydrogen (secondary N) is 2. The lowest BCUT2D eigenvalue weighted by molar-refractivity contribution is 0.392. The second-order valence-electron chi connectivity index (χ2n) is 5.54. The largest absolute Gasteiger partial charge is 0.496 e. The molecule has 24 heavy (non-hydrogen) atoms. The molecule has 130 valence electrons. The van der Waals surface area contributed by atoms with Crippen LogP contribution in [-0.4, -0.2) is 38.4 Å². The number of rotatable bonds is 7. The molecule has 0 fully saturated rings. The highest BCUT2D eigenvalue weighted by Crippen LogP contribution is 2.17. The number of methoxy groups -OCH3 is 1. The van der Waals surface area contributed by atoms with Crippen LogP contribution in [0.25, 0.3) is 0 Å². The van der Waals surface area contributed by atoms with Gasteiger partial charge in [0.05, 0.1) is 12.8 Å². The quantitative estimate of drug-likeness (QED) is 0.602. The molecular formula is C18H26N4O2. The summed E-state index contributed by atoms with van der Waals surface area (Å²) >= 11 is 0. The number of nitrogens with zero attached hydrogens (tertiary/aromatic N) is 2. The second-order valence-corrected chi connectivity index (χ2v) is 5.54. The molecule has 0 saturated heterocycles. The summed E-state index contributed by atoms with van der Waals surface area (Å²) < 4.78 is 10.5. The predicted molar refractivity (Wildman–Crippen MR) is 95.7 cm³/mol. The van der Waals surface area contributed by atoms with E-state index >= 15 is 0 Å². The molecule has 0 atom stereocenters. The monoisotopic (exact) mass is 330 g/mol. The van der Waals surface area contributed by atoms with Gasteiger partial charge in [0.2, 0.25) is 0 Å². The van der Waals surface area contributed by atoms with Gasteiger partial charge in [0.15, 0.2) is 5.96 Å². The van der Waals surface area contributed by atoms with Crippen LogP contribution >= 0.6 is 0 Å². The molecule has 0 bridgehead atoms. The Kier molecular flexibility index (Phi) is 6.66. The fourth-order valence-corrected chi connectivity index (χ4v) is 2.61. The van der Waals surface area contributed by atoms with Crippen molar-refractivity contribution in [3.63, 3.8) is 0 Å². The van der Waals surface area contributed by atoms with Crippen LogP contribution in [0.15, 0.2) is 33.8 Å². The van der Waals surface area contributed by atoms with E-state index in [4.69, 9.17) is 9.26 Å². The van der Waals surface area contributed by atoms with E-state index in [-0.39, 0.29) is 0 Å². The maximum Gasteiger partial charge on any atom is 0.190 e. The molecule has 2 rings (SSSR count). The molecule has 0 radical (unpaired) electrons. The van der Waals surface area contributed by atoms with Gasteiger partial charge in [0.25, 0.3) is 0 Å². The first kappa shape index (κ1) is 17.8. The van der Waals surface area contributed by atoms with Crippen LogP contribution in [-0.2, 0) is 12.8 Å². The summed E-state index contributed by atoms with van der Waals surface area (Å²) in [7, 11) is 3.47. The van der Waals surface area contributed by atoms with Crippen LogP contribution in [0.4, 0.5) is 0 Å². The van der Waals surface area contributed by atoms with Gasteiger partial charge in [0, 0.05) is 25.7 Å². The number of aryl methyl sites for hydroxylation is 2. The van der Waals surface area contributed by atoms with Gasteiger partial charge in [-0.25, -0.2) is 0 Å². The molecule has 0 saturated carbocycles. The van der Waals surface area contributed by atoms with Crippen molar-refractivity contribution in [3.8, 4) is 5.75 Å². The molecule has 2 aromatic rings. The Morgan fingerprint density at radius 1 is 1.17 bits per heavy atom. The fraction of sp³-hybridized carbons (Fsp3) is 0.444. The van der Waals surface area contributed by atoms with Crippen LogP contribution in [0.5, 0.6) is 5.75 Å². The van der Waals surface area contributed by atoms with Crippen molar-refractivity contribution in [2.75, 3.05) is 27.2 Å². The van der Waals surface area contributed by atoms with E-state index in [1.807, 2.05) is 32.0 Å². The summed E-state index contributed by atoms with van der Waals surface area (Å²) in [6.07, 6.45) is 1.73. The minimum Gasteiger partial charge on any atom is -0.496 e. The van der Waals surface area contributed by atoms with E-state index in [1.165, 1.54) is 5.56 Å². The minimum absolute atomic E-state index is 0.775. The Balaban J connectivity index is 1.76. The molecule has 0 spiro atoms. The highest BCUT2D eigenvalue weighted by atomic mass is 16.5. The molecule has 0 amide bonds. The first-order valence-corrected chi connectivity index (χ1v) is 8.14. The molecule has 0 aliphatic heterocycles. The molecule has 6 nitrogen and oxygen atoms in total. The van der Waals surface area contributed by atoms with Gasteiger partial charge in [-0.1, -0.05) is 23.4 Å². The third-order valence-corrected chi connectivity index (χ3v) is 3.95. The summed E-state index contributed by atoms with van der Waals surface area (Å²) in [6.45, 7) is 5.46. The van der Waals surface area contributed by atoms with Crippen molar-refractivity contribution in [1.29, 1.82) is 0 Å². The van der Waals surface area contributed by atoms with Crippen molar-refractivity contribution in [2.45, 2.75) is 26.7 Å². The lowest BCUT2D eigenvalue weighted by Crippen LogP contribution is -2.39. The Morgan fingerprint density at radius 2 is 1.88 bits per heavy atom.